The minimum atomic E-state index is -0.104. The van der Waals surface area contributed by atoms with Crippen molar-refractivity contribution in [2.45, 2.75) is 63.5 Å². The number of carbonyl (C=O) groups excluding carboxylic acids is 2. The van der Waals surface area contributed by atoms with Crippen LogP contribution in [0.3, 0.4) is 0 Å². The first kappa shape index (κ1) is 19.9. The van der Waals surface area contributed by atoms with Gasteiger partial charge in [0.05, 0.1) is 6.04 Å². The first-order valence-electron chi connectivity index (χ1n) is 10.9. The maximum absolute atomic E-state index is 12.7. The van der Waals surface area contributed by atoms with E-state index in [0.29, 0.717) is 32.2 Å². The van der Waals surface area contributed by atoms with Gasteiger partial charge in [-0.2, -0.15) is 0 Å². The Morgan fingerprint density at radius 2 is 1.79 bits per heavy atom. The molecule has 4 rings (SSSR count). The van der Waals surface area contributed by atoms with Gasteiger partial charge in [0.2, 0.25) is 5.91 Å². The number of urea groups is 1. The fraction of sp³-hybridized carbons (Fsp3) is 0.636. The van der Waals surface area contributed by atoms with Crippen LogP contribution in [0.15, 0.2) is 18.2 Å². The monoisotopic (exact) mass is 401 g/mol. The molecule has 3 aliphatic rings. The van der Waals surface area contributed by atoms with Gasteiger partial charge in [-0.3, -0.25) is 4.79 Å². The summed E-state index contributed by atoms with van der Waals surface area (Å²) in [6.07, 6.45) is 8.01. The van der Waals surface area contributed by atoms with Crippen LogP contribution in [0.2, 0.25) is 0 Å². The van der Waals surface area contributed by atoms with E-state index in [1.807, 2.05) is 23.1 Å². The minimum Gasteiger partial charge on any atom is -0.486 e. The summed E-state index contributed by atoms with van der Waals surface area (Å²) >= 11 is 0. The van der Waals surface area contributed by atoms with E-state index in [-0.39, 0.29) is 18.0 Å². The summed E-state index contributed by atoms with van der Waals surface area (Å²) in [5, 5.41) is 6.02. The van der Waals surface area contributed by atoms with Crippen molar-refractivity contribution in [1.29, 1.82) is 0 Å². The second-order valence-corrected chi connectivity index (χ2v) is 8.14. The third kappa shape index (κ3) is 4.95. The zero-order valence-corrected chi connectivity index (χ0v) is 17.0. The molecular formula is C22H31N3O4. The van der Waals surface area contributed by atoms with Crippen LogP contribution in [0.25, 0.3) is 0 Å². The molecule has 1 unspecified atom stereocenters. The third-order valence-corrected chi connectivity index (χ3v) is 6.06. The topological polar surface area (TPSA) is 79.9 Å². The third-order valence-electron chi connectivity index (χ3n) is 6.06. The summed E-state index contributed by atoms with van der Waals surface area (Å²) in [4.78, 5) is 26.7. The van der Waals surface area contributed by atoms with Gasteiger partial charge >= 0.3 is 6.03 Å². The van der Waals surface area contributed by atoms with E-state index in [9.17, 15) is 9.59 Å². The van der Waals surface area contributed by atoms with Crippen molar-refractivity contribution in [3.05, 3.63) is 23.8 Å². The lowest BCUT2D eigenvalue weighted by Gasteiger charge is -2.27. The van der Waals surface area contributed by atoms with E-state index < -0.39 is 0 Å². The quantitative estimate of drug-likeness (QED) is 0.794. The molecule has 2 fully saturated rings. The Morgan fingerprint density at radius 1 is 1.00 bits per heavy atom. The number of hydrogen-bond donors (Lipinski definition) is 2. The summed E-state index contributed by atoms with van der Waals surface area (Å²) in [5.74, 6) is 1.54. The fourth-order valence-electron chi connectivity index (χ4n) is 4.55. The van der Waals surface area contributed by atoms with Crippen LogP contribution in [0.1, 0.15) is 63.0 Å². The van der Waals surface area contributed by atoms with Crippen LogP contribution < -0.4 is 20.1 Å². The van der Waals surface area contributed by atoms with Gasteiger partial charge in [0, 0.05) is 25.6 Å². The van der Waals surface area contributed by atoms with Gasteiger partial charge in [0.25, 0.3) is 0 Å². The van der Waals surface area contributed by atoms with Crippen molar-refractivity contribution in [2.24, 2.45) is 0 Å². The number of ether oxygens (including phenoxy) is 2. The predicted octanol–water partition coefficient (Wildman–Crippen LogP) is 3.14. The number of carbonyl (C=O) groups is 2. The number of benzene rings is 1. The maximum atomic E-state index is 12.7. The van der Waals surface area contributed by atoms with Crippen molar-refractivity contribution in [3.63, 3.8) is 0 Å². The number of likely N-dealkylation sites (tertiary alicyclic amines) is 1. The van der Waals surface area contributed by atoms with Gasteiger partial charge in [-0.25, -0.2) is 4.79 Å². The van der Waals surface area contributed by atoms with Gasteiger partial charge in [-0.15, -0.1) is 0 Å². The first-order valence-corrected chi connectivity index (χ1v) is 10.9. The van der Waals surface area contributed by atoms with E-state index in [1.165, 1.54) is 19.3 Å². The summed E-state index contributed by atoms with van der Waals surface area (Å²) in [7, 11) is 0. The smallest absolute Gasteiger partial charge is 0.317 e. The minimum absolute atomic E-state index is 0.0295. The SMILES string of the molecule is O=C(CCNC(=O)N1CCCC1c1ccc2c(c1)OCCO2)NC1CCCCC1. The lowest BCUT2D eigenvalue weighted by Crippen LogP contribution is -2.42. The Balaban J connectivity index is 1.27. The summed E-state index contributed by atoms with van der Waals surface area (Å²) in [6.45, 7) is 2.20. The van der Waals surface area contributed by atoms with Gasteiger partial charge < -0.3 is 25.0 Å². The van der Waals surface area contributed by atoms with Gasteiger partial charge in [-0.1, -0.05) is 25.3 Å². The average Bonchev–Trinajstić information content (AvgIpc) is 3.24. The number of hydrogen-bond acceptors (Lipinski definition) is 4. The number of rotatable bonds is 5. The van der Waals surface area contributed by atoms with Gasteiger partial charge in [0.1, 0.15) is 13.2 Å². The van der Waals surface area contributed by atoms with Crippen LogP contribution in [0.5, 0.6) is 11.5 Å². The molecule has 0 bridgehead atoms. The highest BCUT2D eigenvalue weighted by Crippen LogP contribution is 2.38. The van der Waals surface area contributed by atoms with Crippen LogP contribution in [-0.4, -0.2) is 49.2 Å². The van der Waals surface area contributed by atoms with E-state index >= 15 is 0 Å². The highest BCUT2D eigenvalue weighted by Gasteiger charge is 2.31. The Labute approximate surface area is 172 Å². The summed E-state index contributed by atoms with van der Waals surface area (Å²) in [6, 6.07) is 6.16. The van der Waals surface area contributed by atoms with Crippen molar-refractivity contribution in [2.75, 3.05) is 26.3 Å². The standard InChI is InChI=1S/C22H31N3O4/c26-21(24-17-5-2-1-3-6-17)10-11-23-22(27)25-12-4-7-18(25)16-8-9-19-20(15-16)29-14-13-28-19/h8-9,15,17-18H,1-7,10-14H2,(H,23,27)(H,24,26). The Bertz CT molecular complexity index is 733. The second kappa shape index (κ2) is 9.37. The summed E-state index contributed by atoms with van der Waals surface area (Å²) < 4.78 is 11.3. The molecule has 1 atom stereocenters. The lowest BCUT2D eigenvalue weighted by molar-refractivity contribution is -0.121. The number of amides is 3. The van der Waals surface area contributed by atoms with E-state index in [4.69, 9.17) is 9.47 Å². The van der Waals surface area contributed by atoms with Crippen LogP contribution in [0.4, 0.5) is 4.79 Å². The maximum Gasteiger partial charge on any atom is 0.317 e. The zero-order chi connectivity index (χ0) is 20.1. The van der Waals surface area contributed by atoms with Crippen molar-refractivity contribution in [1.82, 2.24) is 15.5 Å². The van der Waals surface area contributed by atoms with Gasteiger partial charge in [-0.05, 0) is 43.4 Å². The molecule has 0 spiro atoms. The number of nitrogens with zero attached hydrogens (tertiary/aromatic N) is 1. The molecule has 1 saturated heterocycles. The second-order valence-electron chi connectivity index (χ2n) is 8.14. The molecule has 2 heterocycles. The Morgan fingerprint density at radius 3 is 2.62 bits per heavy atom. The molecule has 1 aliphatic carbocycles. The molecule has 7 heteroatoms. The van der Waals surface area contributed by atoms with E-state index in [0.717, 1.165) is 49.3 Å². The molecule has 29 heavy (non-hydrogen) atoms. The molecular weight excluding hydrogens is 370 g/mol. The number of nitrogens with one attached hydrogen (secondary N) is 2. The molecule has 158 valence electrons. The van der Waals surface area contributed by atoms with E-state index in [1.54, 1.807) is 0 Å². The fourth-order valence-corrected chi connectivity index (χ4v) is 4.55. The largest absolute Gasteiger partial charge is 0.486 e. The normalized spacial score (nSPS) is 21.7. The molecule has 0 radical (unpaired) electrons. The molecule has 3 amide bonds. The number of fused-ring (bicyclic) bond motifs is 1. The zero-order valence-electron chi connectivity index (χ0n) is 17.0. The molecule has 1 aromatic rings. The molecule has 1 saturated carbocycles. The summed E-state index contributed by atoms with van der Waals surface area (Å²) in [5.41, 5.74) is 1.07. The highest BCUT2D eigenvalue weighted by atomic mass is 16.6. The van der Waals surface area contributed by atoms with E-state index in [2.05, 4.69) is 10.6 Å². The highest BCUT2D eigenvalue weighted by molar-refractivity contribution is 5.78. The molecule has 0 aromatic heterocycles. The molecule has 2 aliphatic heterocycles. The predicted molar refractivity (Wildman–Crippen MR) is 109 cm³/mol. The lowest BCUT2D eigenvalue weighted by atomic mass is 9.95. The Kier molecular flexibility index (Phi) is 6.42. The molecule has 1 aromatic carbocycles. The van der Waals surface area contributed by atoms with Gasteiger partial charge in [0.15, 0.2) is 11.5 Å². The Hall–Kier alpha value is -2.44. The molecule has 7 nitrogen and oxygen atoms in total. The van der Waals surface area contributed by atoms with Crippen LogP contribution in [0, 0.1) is 0 Å². The molecule has 2 N–H and O–H groups in total. The first-order chi connectivity index (χ1) is 14.2. The average molecular weight is 402 g/mol. The van der Waals surface area contributed by atoms with Crippen molar-refractivity contribution in [3.8, 4) is 11.5 Å². The van der Waals surface area contributed by atoms with Crippen LogP contribution in [-0.2, 0) is 4.79 Å². The van der Waals surface area contributed by atoms with Crippen molar-refractivity contribution >= 4 is 11.9 Å². The van der Waals surface area contributed by atoms with Crippen molar-refractivity contribution < 1.29 is 19.1 Å². The van der Waals surface area contributed by atoms with Crippen LogP contribution >= 0.6 is 0 Å².